The molecule has 0 spiro atoms. The average Bonchev–Trinajstić information content (AvgIpc) is 2.56. The summed E-state index contributed by atoms with van der Waals surface area (Å²) in [5, 5.41) is 8.90. The van der Waals surface area contributed by atoms with E-state index in [0.717, 1.165) is 31.6 Å². The maximum Gasteiger partial charge on any atom is 0.232 e. The fourth-order valence-corrected chi connectivity index (χ4v) is 2.40. The van der Waals surface area contributed by atoms with Crippen LogP contribution in [-0.2, 0) is 0 Å². The summed E-state index contributed by atoms with van der Waals surface area (Å²) in [5.74, 6) is 1.18. The van der Waals surface area contributed by atoms with Crippen molar-refractivity contribution in [3.05, 3.63) is 36.0 Å². The van der Waals surface area contributed by atoms with E-state index >= 15 is 0 Å². The van der Waals surface area contributed by atoms with E-state index < -0.39 is 0 Å². The summed E-state index contributed by atoms with van der Waals surface area (Å²) in [5.41, 5.74) is 1.23. The molecule has 3 heterocycles. The van der Waals surface area contributed by atoms with Gasteiger partial charge in [-0.15, -0.1) is 0 Å². The van der Waals surface area contributed by atoms with Gasteiger partial charge in [-0.3, -0.25) is 4.98 Å². The van der Waals surface area contributed by atoms with Gasteiger partial charge in [0.15, 0.2) is 0 Å². The third kappa shape index (κ3) is 3.28. The zero-order valence-corrected chi connectivity index (χ0v) is 12.3. The predicted molar refractivity (Wildman–Crippen MR) is 79.4 cm³/mol. The summed E-state index contributed by atoms with van der Waals surface area (Å²) in [6.45, 7) is 3.47. The highest BCUT2D eigenvalue weighted by Crippen LogP contribution is 2.19. The first kappa shape index (κ1) is 14.2. The third-order valence-electron chi connectivity index (χ3n) is 3.50. The molecule has 1 fully saturated rings. The van der Waals surface area contributed by atoms with Gasteiger partial charge in [0.1, 0.15) is 17.9 Å². The molecule has 0 N–H and O–H groups in total. The van der Waals surface area contributed by atoms with Gasteiger partial charge < -0.3 is 9.64 Å². The smallest absolute Gasteiger partial charge is 0.232 e. The molecular weight excluding hydrogens is 280 g/mol. The highest BCUT2D eigenvalue weighted by molar-refractivity contribution is 5.34. The number of aromatic nitrogens is 4. The van der Waals surface area contributed by atoms with Crippen LogP contribution in [0.25, 0.3) is 0 Å². The summed E-state index contributed by atoms with van der Waals surface area (Å²) >= 11 is 0. The quantitative estimate of drug-likeness (QED) is 0.848. The Labute approximate surface area is 128 Å². The molecule has 0 saturated carbocycles. The van der Waals surface area contributed by atoms with Crippen LogP contribution in [0.1, 0.15) is 24.2 Å². The van der Waals surface area contributed by atoms with Gasteiger partial charge in [-0.05, 0) is 13.0 Å². The minimum atomic E-state index is 0.117. The first-order valence-electron chi connectivity index (χ1n) is 7.18. The van der Waals surface area contributed by atoms with Crippen LogP contribution in [0.2, 0.25) is 0 Å². The highest BCUT2D eigenvalue weighted by atomic mass is 16.5. The van der Waals surface area contributed by atoms with Crippen LogP contribution >= 0.6 is 0 Å². The lowest BCUT2D eigenvalue weighted by Gasteiger charge is -2.31. The Bertz CT molecular complexity index is 690. The SMILES string of the molecule is Cc1cncc(OC2CCN(c3nccc(C#N)n3)CC2)n1. The molecule has 112 valence electrons. The molecular formula is C15H16N6O. The number of aryl methyl sites for hydroxylation is 1. The van der Waals surface area contributed by atoms with E-state index in [1.165, 1.54) is 0 Å². The van der Waals surface area contributed by atoms with Crippen LogP contribution in [0, 0.1) is 18.3 Å². The van der Waals surface area contributed by atoms with E-state index in [-0.39, 0.29) is 6.10 Å². The van der Waals surface area contributed by atoms with Crippen molar-refractivity contribution < 1.29 is 4.74 Å². The Kier molecular flexibility index (Phi) is 4.10. The lowest BCUT2D eigenvalue weighted by molar-refractivity contribution is 0.162. The number of ether oxygens (including phenoxy) is 1. The van der Waals surface area contributed by atoms with Crippen LogP contribution in [0.4, 0.5) is 5.95 Å². The molecule has 7 heteroatoms. The van der Waals surface area contributed by atoms with Crippen LogP contribution in [-0.4, -0.2) is 39.1 Å². The van der Waals surface area contributed by atoms with Crippen molar-refractivity contribution in [1.29, 1.82) is 5.26 Å². The van der Waals surface area contributed by atoms with Crippen molar-refractivity contribution in [2.24, 2.45) is 0 Å². The second-order valence-electron chi connectivity index (χ2n) is 5.16. The molecule has 1 aliphatic rings. The first-order chi connectivity index (χ1) is 10.7. The van der Waals surface area contributed by atoms with Gasteiger partial charge in [0.05, 0.1) is 11.9 Å². The minimum absolute atomic E-state index is 0.117. The number of piperidine rings is 1. The number of rotatable bonds is 3. The van der Waals surface area contributed by atoms with Crippen molar-refractivity contribution in [2.75, 3.05) is 18.0 Å². The molecule has 0 radical (unpaired) electrons. The number of hydrogen-bond acceptors (Lipinski definition) is 7. The second-order valence-corrected chi connectivity index (χ2v) is 5.16. The highest BCUT2D eigenvalue weighted by Gasteiger charge is 2.22. The summed E-state index contributed by atoms with van der Waals surface area (Å²) in [7, 11) is 0. The molecule has 2 aromatic rings. The zero-order chi connectivity index (χ0) is 15.4. The molecule has 0 amide bonds. The van der Waals surface area contributed by atoms with E-state index in [0.29, 0.717) is 17.5 Å². The summed E-state index contributed by atoms with van der Waals surface area (Å²) in [6.07, 6.45) is 6.79. The molecule has 0 aliphatic carbocycles. The maximum atomic E-state index is 8.90. The monoisotopic (exact) mass is 296 g/mol. The lowest BCUT2D eigenvalue weighted by Crippen LogP contribution is -2.39. The lowest BCUT2D eigenvalue weighted by atomic mass is 10.1. The molecule has 2 aromatic heterocycles. The molecule has 1 saturated heterocycles. The van der Waals surface area contributed by atoms with E-state index in [9.17, 15) is 0 Å². The van der Waals surface area contributed by atoms with Gasteiger partial charge in [0, 0.05) is 38.3 Å². The fraction of sp³-hybridized carbons (Fsp3) is 0.400. The Morgan fingerprint density at radius 3 is 2.82 bits per heavy atom. The van der Waals surface area contributed by atoms with Gasteiger partial charge in [-0.25, -0.2) is 15.0 Å². The van der Waals surface area contributed by atoms with Gasteiger partial charge in [-0.1, -0.05) is 0 Å². The van der Waals surface area contributed by atoms with Crippen LogP contribution < -0.4 is 9.64 Å². The Morgan fingerprint density at radius 2 is 2.09 bits per heavy atom. The fourth-order valence-electron chi connectivity index (χ4n) is 2.40. The van der Waals surface area contributed by atoms with Crippen LogP contribution in [0.3, 0.4) is 0 Å². The number of anilines is 1. The van der Waals surface area contributed by atoms with Crippen molar-refractivity contribution in [1.82, 2.24) is 19.9 Å². The standard InChI is InChI=1S/C15H16N6O/c1-11-9-17-10-14(19-11)22-13-3-6-21(7-4-13)15-18-5-2-12(8-16)20-15/h2,5,9-10,13H,3-4,6-7H2,1H3. The molecule has 7 nitrogen and oxygen atoms in total. The van der Waals surface area contributed by atoms with E-state index in [1.807, 2.05) is 13.0 Å². The Hall–Kier alpha value is -2.75. The molecule has 0 unspecified atom stereocenters. The Balaban J connectivity index is 1.59. The molecule has 0 bridgehead atoms. The second kappa shape index (κ2) is 6.35. The Morgan fingerprint density at radius 1 is 1.27 bits per heavy atom. The van der Waals surface area contributed by atoms with Crippen molar-refractivity contribution in [3.8, 4) is 11.9 Å². The molecule has 3 rings (SSSR count). The maximum absolute atomic E-state index is 8.90. The topological polar surface area (TPSA) is 87.8 Å². The average molecular weight is 296 g/mol. The van der Waals surface area contributed by atoms with Gasteiger partial charge >= 0.3 is 0 Å². The minimum Gasteiger partial charge on any atom is -0.473 e. The van der Waals surface area contributed by atoms with Gasteiger partial charge in [0.2, 0.25) is 11.8 Å². The van der Waals surface area contributed by atoms with Crippen molar-refractivity contribution in [2.45, 2.75) is 25.9 Å². The van der Waals surface area contributed by atoms with Gasteiger partial charge in [0.25, 0.3) is 0 Å². The number of nitriles is 1. The van der Waals surface area contributed by atoms with E-state index in [4.69, 9.17) is 10.00 Å². The van der Waals surface area contributed by atoms with E-state index in [2.05, 4.69) is 24.8 Å². The first-order valence-corrected chi connectivity index (χ1v) is 7.18. The summed E-state index contributed by atoms with van der Waals surface area (Å²) < 4.78 is 5.87. The molecule has 0 atom stereocenters. The molecule has 22 heavy (non-hydrogen) atoms. The normalized spacial score (nSPS) is 15.4. The number of hydrogen-bond donors (Lipinski definition) is 0. The largest absolute Gasteiger partial charge is 0.473 e. The third-order valence-corrected chi connectivity index (χ3v) is 3.50. The number of nitrogens with zero attached hydrogens (tertiary/aromatic N) is 6. The zero-order valence-electron chi connectivity index (χ0n) is 12.3. The van der Waals surface area contributed by atoms with Crippen molar-refractivity contribution >= 4 is 5.95 Å². The molecule has 0 aromatic carbocycles. The molecule has 1 aliphatic heterocycles. The van der Waals surface area contributed by atoms with Crippen LogP contribution in [0.5, 0.6) is 5.88 Å². The van der Waals surface area contributed by atoms with Crippen LogP contribution in [0.15, 0.2) is 24.7 Å². The summed E-state index contributed by atoms with van der Waals surface area (Å²) in [4.78, 5) is 18.9. The van der Waals surface area contributed by atoms with E-state index in [1.54, 1.807) is 24.7 Å². The van der Waals surface area contributed by atoms with Crippen molar-refractivity contribution in [3.63, 3.8) is 0 Å². The predicted octanol–water partition coefficient (Wildman–Crippen LogP) is 1.49. The van der Waals surface area contributed by atoms with Gasteiger partial charge in [-0.2, -0.15) is 5.26 Å². The summed E-state index contributed by atoms with van der Waals surface area (Å²) in [6, 6.07) is 3.64.